The second-order valence-corrected chi connectivity index (χ2v) is 11.1. The number of pyridine rings is 4. The lowest BCUT2D eigenvalue weighted by Gasteiger charge is -2.13. The lowest BCUT2D eigenvalue weighted by Crippen LogP contribution is -1.93. The molecule has 204 valence electrons. The Morgan fingerprint density at radius 1 is 0.341 bits per heavy atom. The standard InChI is InChI=1S/C40H24N4/c1-2-7-27(8-3-1)36-31-10-4-5-11-35(31)44-40-32(36)21-18-30-20-23-34(43-39(30)40)26-14-12-25(13-15-26)33-22-19-29-17-16-28-9-6-24-41-37(28)38(29)42-33/h1-24H. The largest absolute Gasteiger partial charge is 0.254 e. The van der Waals surface area contributed by atoms with Gasteiger partial charge in [-0.3, -0.25) is 4.98 Å². The van der Waals surface area contributed by atoms with Crippen molar-refractivity contribution in [2.45, 2.75) is 0 Å². The zero-order chi connectivity index (χ0) is 29.0. The van der Waals surface area contributed by atoms with E-state index in [1.807, 2.05) is 18.3 Å². The Bertz CT molecular complexity index is 2540. The van der Waals surface area contributed by atoms with Crippen molar-refractivity contribution >= 4 is 54.5 Å². The van der Waals surface area contributed by atoms with E-state index in [-0.39, 0.29) is 0 Å². The lowest BCUT2D eigenvalue weighted by molar-refractivity contribution is 1.36. The van der Waals surface area contributed by atoms with Crippen LogP contribution in [0.1, 0.15) is 0 Å². The molecule has 9 rings (SSSR count). The molecule has 4 aromatic heterocycles. The molecule has 44 heavy (non-hydrogen) atoms. The fourth-order valence-electron chi connectivity index (χ4n) is 6.31. The second kappa shape index (κ2) is 9.79. The fourth-order valence-corrected chi connectivity index (χ4v) is 6.31. The molecule has 0 spiro atoms. The first-order chi connectivity index (χ1) is 21.8. The average Bonchev–Trinajstić information content (AvgIpc) is 3.10. The van der Waals surface area contributed by atoms with Crippen molar-refractivity contribution in [3.63, 3.8) is 0 Å². The van der Waals surface area contributed by atoms with Gasteiger partial charge in [-0.05, 0) is 29.8 Å². The monoisotopic (exact) mass is 560 g/mol. The van der Waals surface area contributed by atoms with Crippen LogP contribution < -0.4 is 0 Å². The molecule has 0 saturated heterocycles. The van der Waals surface area contributed by atoms with Crippen molar-refractivity contribution in [3.05, 3.63) is 146 Å². The molecule has 4 heteroatoms. The molecule has 0 amide bonds. The van der Waals surface area contributed by atoms with E-state index in [1.54, 1.807) is 0 Å². The summed E-state index contributed by atoms with van der Waals surface area (Å²) in [5.41, 5.74) is 10.9. The summed E-state index contributed by atoms with van der Waals surface area (Å²) in [6.45, 7) is 0. The molecule has 4 heterocycles. The highest BCUT2D eigenvalue weighted by Crippen LogP contribution is 2.37. The van der Waals surface area contributed by atoms with Gasteiger partial charge >= 0.3 is 0 Å². The number of hydrogen-bond donors (Lipinski definition) is 0. The van der Waals surface area contributed by atoms with Crippen LogP contribution >= 0.6 is 0 Å². The average molecular weight is 561 g/mol. The van der Waals surface area contributed by atoms with Crippen molar-refractivity contribution in [1.29, 1.82) is 0 Å². The van der Waals surface area contributed by atoms with Gasteiger partial charge in [0.15, 0.2) is 0 Å². The maximum absolute atomic E-state index is 5.21. The summed E-state index contributed by atoms with van der Waals surface area (Å²) in [5.74, 6) is 0. The zero-order valence-electron chi connectivity index (χ0n) is 23.6. The van der Waals surface area contributed by atoms with Gasteiger partial charge in [0.05, 0.1) is 39.0 Å². The Balaban J connectivity index is 1.17. The van der Waals surface area contributed by atoms with Gasteiger partial charge in [0.1, 0.15) is 0 Å². The van der Waals surface area contributed by atoms with E-state index >= 15 is 0 Å². The Labute approximate surface area is 253 Å². The van der Waals surface area contributed by atoms with Crippen LogP contribution in [0.4, 0.5) is 0 Å². The van der Waals surface area contributed by atoms with Crippen molar-refractivity contribution in [2.24, 2.45) is 0 Å². The Morgan fingerprint density at radius 2 is 0.932 bits per heavy atom. The van der Waals surface area contributed by atoms with E-state index in [0.717, 1.165) is 77.0 Å². The summed E-state index contributed by atoms with van der Waals surface area (Å²) >= 11 is 0. The molecule has 0 atom stereocenters. The highest BCUT2D eigenvalue weighted by Gasteiger charge is 2.15. The summed E-state index contributed by atoms with van der Waals surface area (Å²) in [4.78, 5) is 20.0. The van der Waals surface area contributed by atoms with Crippen LogP contribution in [-0.2, 0) is 0 Å². The summed E-state index contributed by atoms with van der Waals surface area (Å²) in [6.07, 6.45) is 1.82. The van der Waals surface area contributed by atoms with E-state index in [0.29, 0.717) is 0 Å². The van der Waals surface area contributed by atoms with Gasteiger partial charge in [0, 0.05) is 49.8 Å². The summed E-state index contributed by atoms with van der Waals surface area (Å²) in [5, 5.41) is 5.49. The van der Waals surface area contributed by atoms with E-state index in [1.165, 1.54) is 11.1 Å². The number of nitrogens with zero attached hydrogens (tertiary/aromatic N) is 4. The molecule has 0 aliphatic rings. The van der Waals surface area contributed by atoms with E-state index in [2.05, 4.69) is 132 Å². The van der Waals surface area contributed by atoms with Crippen molar-refractivity contribution in [2.75, 3.05) is 0 Å². The number of para-hydroxylation sites is 1. The maximum atomic E-state index is 5.21. The highest BCUT2D eigenvalue weighted by atomic mass is 14.8. The first-order valence-corrected chi connectivity index (χ1v) is 14.7. The van der Waals surface area contributed by atoms with Gasteiger partial charge in [-0.15, -0.1) is 0 Å². The van der Waals surface area contributed by atoms with Crippen LogP contribution in [0, 0.1) is 0 Å². The molecule has 5 aromatic carbocycles. The predicted molar refractivity (Wildman–Crippen MR) is 181 cm³/mol. The molecule has 0 fully saturated rings. The van der Waals surface area contributed by atoms with Gasteiger partial charge in [-0.25, -0.2) is 15.0 Å². The molecule has 0 aliphatic heterocycles. The molecule has 0 bridgehead atoms. The van der Waals surface area contributed by atoms with Gasteiger partial charge in [0.2, 0.25) is 0 Å². The van der Waals surface area contributed by atoms with Crippen molar-refractivity contribution in [3.8, 4) is 33.6 Å². The van der Waals surface area contributed by atoms with Crippen LogP contribution in [0.15, 0.2) is 146 Å². The minimum Gasteiger partial charge on any atom is -0.254 e. The quantitative estimate of drug-likeness (QED) is 0.159. The first kappa shape index (κ1) is 24.6. The van der Waals surface area contributed by atoms with Crippen molar-refractivity contribution < 1.29 is 0 Å². The van der Waals surface area contributed by atoms with E-state index < -0.39 is 0 Å². The van der Waals surface area contributed by atoms with Gasteiger partial charge in [0.25, 0.3) is 0 Å². The summed E-state index contributed by atoms with van der Waals surface area (Å²) in [6, 6.07) is 48.4. The molecule has 0 radical (unpaired) electrons. The minimum absolute atomic E-state index is 0.905. The molecule has 0 aliphatic carbocycles. The number of rotatable bonds is 3. The number of fused-ring (bicyclic) bond motifs is 7. The Morgan fingerprint density at radius 3 is 1.66 bits per heavy atom. The van der Waals surface area contributed by atoms with Crippen LogP contribution in [0.5, 0.6) is 0 Å². The number of hydrogen-bond acceptors (Lipinski definition) is 4. The topological polar surface area (TPSA) is 51.6 Å². The normalized spacial score (nSPS) is 11.6. The second-order valence-electron chi connectivity index (χ2n) is 11.1. The van der Waals surface area contributed by atoms with Gasteiger partial charge in [-0.1, -0.05) is 115 Å². The zero-order valence-corrected chi connectivity index (χ0v) is 23.6. The molecular weight excluding hydrogens is 536 g/mol. The highest BCUT2D eigenvalue weighted by molar-refractivity contribution is 6.16. The SMILES string of the molecule is c1ccc(-c2c3ccccc3nc3c2ccc2ccc(-c4ccc(-c5ccc6ccc7cccnc7c6n5)cc4)nc23)cc1. The lowest BCUT2D eigenvalue weighted by atomic mass is 9.95. The Hall–Kier alpha value is -6.00. The van der Waals surface area contributed by atoms with Gasteiger partial charge < -0.3 is 0 Å². The molecule has 9 aromatic rings. The Kier molecular flexibility index (Phi) is 5.47. The fraction of sp³-hybridized carbons (Fsp3) is 0. The number of aromatic nitrogens is 4. The van der Waals surface area contributed by atoms with Crippen LogP contribution in [0.25, 0.3) is 88.2 Å². The van der Waals surface area contributed by atoms with E-state index in [4.69, 9.17) is 15.0 Å². The summed E-state index contributed by atoms with van der Waals surface area (Å²) < 4.78 is 0. The summed E-state index contributed by atoms with van der Waals surface area (Å²) in [7, 11) is 0. The first-order valence-electron chi connectivity index (χ1n) is 14.7. The third-order valence-electron chi connectivity index (χ3n) is 8.48. The third-order valence-corrected chi connectivity index (χ3v) is 8.48. The third kappa shape index (κ3) is 3.92. The molecule has 4 nitrogen and oxygen atoms in total. The van der Waals surface area contributed by atoms with Crippen LogP contribution in [-0.4, -0.2) is 19.9 Å². The smallest absolute Gasteiger partial charge is 0.0978 e. The molecule has 0 saturated carbocycles. The number of benzene rings is 5. The molecular formula is C40H24N4. The van der Waals surface area contributed by atoms with Crippen molar-refractivity contribution in [1.82, 2.24) is 19.9 Å². The van der Waals surface area contributed by atoms with Gasteiger partial charge in [-0.2, -0.15) is 0 Å². The predicted octanol–water partition coefficient (Wildman–Crippen LogP) is 10.0. The minimum atomic E-state index is 0.905. The van der Waals surface area contributed by atoms with E-state index in [9.17, 15) is 0 Å². The van der Waals surface area contributed by atoms with Crippen LogP contribution in [0.3, 0.4) is 0 Å². The molecule has 0 unspecified atom stereocenters. The molecule has 0 N–H and O–H groups in total. The van der Waals surface area contributed by atoms with Crippen LogP contribution in [0.2, 0.25) is 0 Å². The maximum Gasteiger partial charge on any atom is 0.0978 e.